The van der Waals surface area contributed by atoms with Gasteiger partial charge < -0.3 is 0 Å². The summed E-state index contributed by atoms with van der Waals surface area (Å²) < 4.78 is 0. The minimum Gasteiger partial charge on any atom is -0.143 e. The standard InChI is InChI=1S/C9H10Cl2S/c1-6(7(2)10)5-9-8(11)3-4-12-9/h3-5,7H,1-2H3/b6-5+. The number of thiophene rings is 1. The Bertz CT molecular complexity index is 286. The summed E-state index contributed by atoms with van der Waals surface area (Å²) in [4.78, 5) is 1.08. The van der Waals surface area contributed by atoms with Crippen LogP contribution in [0.5, 0.6) is 0 Å². The summed E-state index contributed by atoms with van der Waals surface area (Å²) in [5, 5.41) is 2.85. The van der Waals surface area contributed by atoms with Gasteiger partial charge >= 0.3 is 0 Å². The second kappa shape index (κ2) is 4.31. The predicted octanol–water partition coefficient (Wildman–Crippen LogP) is 4.43. The molecule has 1 atom stereocenters. The van der Waals surface area contributed by atoms with E-state index in [1.165, 1.54) is 0 Å². The lowest BCUT2D eigenvalue weighted by Gasteiger charge is -2.01. The highest BCUT2D eigenvalue weighted by Crippen LogP contribution is 2.25. The maximum atomic E-state index is 5.91. The van der Waals surface area contributed by atoms with Gasteiger partial charge in [-0.15, -0.1) is 22.9 Å². The second-order valence-corrected chi connectivity index (χ2v) is 4.65. The Morgan fingerprint density at radius 1 is 1.67 bits per heavy atom. The molecule has 0 aliphatic carbocycles. The van der Waals surface area contributed by atoms with Crippen molar-refractivity contribution in [3.8, 4) is 0 Å². The molecule has 0 radical (unpaired) electrons. The van der Waals surface area contributed by atoms with E-state index in [1.807, 2.05) is 31.4 Å². The van der Waals surface area contributed by atoms with Crippen LogP contribution in [0.2, 0.25) is 5.02 Å². The predicted molar refractivity (Wildman–Crippen MR) is 58.3 cm³/mol. The topological polar surface area (TPSA) is 0 Å². The number of allylic oxidation sites excluding steroid dienone is 1. The van der Waals surface area contributed by atoms with Gasteiger partial charge in [0.05, 0.1) is 10.4 Å². The lowest BCUT2D eigenvalue weighted by molar-refractivity contribution is 1.12. The van der Waals surface area contributed by atoms with E-state index in [0.717, 1.165) is 15.5 Å². The quantitative estimate of drug-likeness (QED) is 0.648. The van der Waals surface area contributed by atoms with Crippen molar-refractivity contribution in [2.45, 2.75) is 19.2 Å². The van der Waals surface area contributed by atoms with Crippen molar-refractivity contribution in [1.82, 2.24) is 0 Å². The van der Waals surface area contributed by atoms with Crippen LogP contribution in [0.15, 0.2) is 17.0 Å². The third-order valence-corrected chi connectivity index (χ3v) is 3.28. The highest BCUT2D eigenvalue weighted by molar-refractivity contribution is 7.11. The number of alkyl halides is 1. The smallest absolute Gasteiger partial charge is 0.0586 e. The first-order valence-electron chi connectivity index (χ1n) is 3.66. The first-order chi connectivity index (χ1) is 5.61. The number of halogens is 2. The van der Waals surface area contributed by atoms with Gasteiger partial charge in [0.1, 0.15) is 0 Å². The van der Waals surface area contributed by atoms with E-state index in [4.69, 9.17) is 23.2 Å². The van der Waals surface area contributed by atoms with Crippen molar-refractivity contribution in [2.75, 3.05) is 0 Å². The fourth-order valence-electron chi connectivity index (χ4n) is 0.730. The minimum absolute atomic E-state index is 0.0724. The summed E-state index contributed by atoms with van der Waals surface area (Å²) in [6, 6.07) is 1.89. The lowest BCUT2D eigenvalue weighted by atomic mass is 10.2. The van der Waals surface area contributed by atoms with Gasteiger partial charge in [-0.05, 0) is 31.4 Å². The fraction of sp³-hybridized carbons (Fsp3) is 0.333. The van der Waals surface area contributed by atoms with E-state index in [1.54, 1.807) is 11.3 Å². The summed E-state index contributed by atoms with van der Waals surface area (Å²) in [6.45, 7) is 3.96. The Morgan fingerprint density at radius 2 is 2.33 bits per heavy atom. The summed E-state index contributed by atoms with van der Waals surface area (Å²) >= 11 is 13.4. The molecule has 0 N–H and O–H groups in total. The van der Waals surface area contributed by atoms with Crippen molar-refractivity contribution < 1.29 is 0 Å². The molecule has 0 saturated heterocycles. The first kappa shape index (κ1) is 10.1. The zero-order valence-electron chi connectivity index (χ0n) is 6.97. The van der Waals surface area contributed by atoms with E-state index in [0.29, 0.717) is 0 Å². The zero-order valence-corrected chi connectivity index (χ0v) is 9.30. The molecule has 1 unspecified atom stereocenters. The van der Waals surface area contributed by atoms with Gasteiger partial charge in [0.15, 0.2) is 0 Å². The van der Waals surface area contributed by atoms with E-state index in [-0.39, 0.29) is 5.38 Å². The van der Waals surface area contributed by atoms with Crippen molar-refractivity contribution in [1.29, 1.82) is 0 Å². The highest BCUT2D eigenvalue weighted by atomic mass is 35.5. The lowest BCUT2D eigenvalue weighted by Crippen LogP contribution is -1.90. The third-order valence-electron chi connectivity index (χ3n) is 1.63. The molecule has 66 valence electrons. The van der Waals surface area contributed by atoms with Crippen LogP contribution in [0.4, 0.5) is 0 Å². The average molecular weight is 221 g/mol. The minimum atomic E-state index is 0.0724. The molecule has 0 aromatic carbocycles. The van der Waals surface area contributed by atoms with Crippen molar-refractivity contribution in [2.24, 2.45) is 0 Å². The molecule has 1 aromatic rings. The highest BCUT2D eigenvalue weighted by Gasteiger charge is 2.02. The Hall–Kier alpha value is 0.0200. The van der Waals surface area contributed by atoms with E-state index >= 15 is 0 Å². The van der Waals surface area contributed by atoms with Crippen LogP contribution < -0.4 is 0 Å². The van der Waals surface area contributed by atoms with Crippen LogP contribution in [0.25, 0.3) is 6.08 Å². The van der Waals surface area contributed by atoms with Crippen LogP contribution in [0.1, 0.15) is 18.7 Å². The molecule has 0 amide bonds. The van der Waals surface area contributed by atoms with Gasteiger partial charge in [0.25, 0.3) is 0 Å². The van der Waals surface area contributed by atoms with E-state index in [9.17, 15) is 0 Å². The SMILES string of the molecule is C/C(=C\c1sccc1Cl)C(C)Cl. The molecule has 12 heavy (non-hydrogen) atoms. The van der Waals surface area contributed by atoms with Crippen LogP contribution in [0.3, 0.4) is 0 Å². The van der Waals surface area contributed by atoms with Gasteiger partial charge in [-0.1, -0.05) is 17.2 Å². The summed E-state index contributed by atoms with van der Waals surface area (Å²) in [5.74, 6) is 0. The van der Waals surface area contributed by atoms with Crippen LogP contribution >= 0.6 is 34.5 Å². The molecule has 0 fully saturated rings. The molecule has 0 spiro atoms. The maximum absolute atomic E-state index is 5.91. The van der Waals surface area contributed by atoms with Crippen molar-refractivity contribution >= 4 is 40.6 Å². The van der Waals surface area contributed by atoms with Gasteiger partial charge in [0.2, 0.25) is 0 Å². The molecular weight excluding hydrogens is 211 g/mol. The average Bonchev–Trinajstić information content (AvgIpc) is 2.36. The molecule has 1 aromatic heterocycles. The Kier molecular flexibility index (Phi) is 3.63. The molecule has 0 aliphatic rings. The Labute approximate surface area is 86.8 Å². The second-order valence-electron chi connectivity index (χ2n) is 2.64. The van der Waals surface area contributed by atoms with Gasteiger partial charge in [-0.25, -0.2) is 0 Å². The summed E-state index contributed by atoms with van der Waals surface area (Å²) in [6.07, 6.45) is 2.03. The number of hydrogen-bond acceptors (Lipinski definition) is 1. The molecular formula is C9H10Cl2S. The summed E-state index contributed by atoms with van der Waals surface area (Å²) in [7, 11) is 0. The molecule has 0 bridgehead atoms. The van der Waals surface area contributed by atoms with E-state index < -0.39 is 0 Å². The van der Waals surface area contributed by atoms with Crippen LogP contribution in [0, 0.1) is 0 Å². The van der Waals surface area contributed by atoms with Crippen molar-refractivity contribution in [3.05, 3.63) is 26.9 Å². The Balaban J connectivity index is 2.87. The largest absolute Gasteiger partial charge is 0.143 e. The third kappa shape index (κ3) is 2.51. The van der Waals surface area contributed by atoms with Crippen LogP contribution in [-0.4, -0.2) is 5.38 Å². The van der Waals surface area contributed by atoms with Gasteiger partial charge in [-0.2, -0.15) is 0 Å². The van der Waals surface area contributed by atoms with Gasteiger partial charge in [-0.3, -0.25) is 0 Å². The molecule has 0 nitrogen and oxygen atoms in total. The number of rotatable bonds is 2. The van der Waals surface area contributed by atoms with Crippen LogP contribution in [-0.2, 0) is 0 Å². The molecule has 0 saturated carbocycles. The maximum Gasteiger partial charge on any atom is 0.0586 e. The molecule has 1 rings (SSSR count). The number of hydrogen-bond donors (Lipinski definition) is 0. The fourth-order valence-corrected chi connectivity index (χ4v) is 1.90. The normalized spacial score (nSPS) is 14.8. The molecule has 3 heteroatoms. The molecule has 0 aliphatic heterocycles. The monoisotopic (exact) mass is 220 g/mol. The summed E-state index contributed by atoms with van der Waals surface area (Å²) in [5.41, 5.74) is 1.14. The van der Waals surface area contributed by atoms with Crippen molar-refractivity contribution in [3.63, 3.8) is 0 Å². The van der Waals surface area contributed by atoms with E-state index in [2.05, 4.69) is 0 Å². The zero-order chi connectivity index (χ0) is 9.14. The van der Waals surface area contributed by atoms with Gasteiger partial charge in [0, 0.05) is 4.88 Å². The Morgan fingerprint density at radius 3 is 2.75 bits per heavy atom. The first-order valence-corrected chi connectivity index (χ1v) is 5.36. The molecule has 1 heterocycles.